The summed E-state index contributed by atoms with van der Waals surface area (Å²) in [6, 6.07) is 7.78. The fourth-order valence-corrected chi connectivity index (χ4v) is 4.10. The first-order valence-corrected chi connectivity index (χ1v) is 10.9. The Morgan fingerprint density at radius 1 is 1.31 bits per heavy atom. The molecule has 2 amide bonds. The van der Waals surface area contributed by atoms with Crippen LogP contribution in [-0.2, 0) is 18.2 Å². The van der Waals surface area contributed by atoms with Gasteiger partial charge < -0.3 is 9.84 Å². The number of ether oxygens (including phenoxy) is 1. The van der Waals surface area contributed by atoms with Gasteiger partial charge in [-0.05, 0) is 29.5 Å². The minimum atomic E-state index is -1.27. The van der Waals surface area contributed by atoms with E-state index in [1.54, 1.807) is 31.3 Å². The summed E-state index contributed by atoms with van der Waals surface area (Å²) in [5.74, 6) is -0.0825. The molecule has 1 atom stereocenters. The average Bonchev–Trinajstić information content (AvgIpc) is 3.54. The van der Waals surface area contributed by atoms with Crippen molar-refractivity contribution in [3.8, 4) is 22.6 Å². The Labute approximate surface area is 200 Å². The van der Waals surface area contributed by atoms with Crippen molar-refractivity contribution in [2.24, 2.45) is 7.05 Å². The van der Waals surface area contributed by atoms with Crippen LogP contribution in [-0.4, -0.2) is 63.9 Å². The number of halogens is 1. The number of carbonyl (C=O) groups is 2. The fraction of sp³-hybridized carbons (Fsp3) is 0.200. The summed E-state index contributed by atoms with van der Waals surface area (Å²) in [6.07, 6.45) is -0.840. The zero-order valence-corrected chi connectivity index (χ0v) is 18.8. The molecule has 13 nitrogen and oxygen atoms in total. The van der Waals surface area contributed by atoms with Crippen LogP contribution in [0.4, 0.5) is 25.5 Å². The molecule has 15 heteroatoms. The molecule has 0 spiro atoms. The molecular weight excluding hydrogens is 481 g/mol. The quantitative estimate of drug-likeness (QED) is 0.405. The van der Waals surface area contributed by atoms with E-state index < -0.39 is 24.1 Å². The Hall–Kier alpha value is -4.53. The number of tetrazole rings is 1. The molecule has 0 bridgehead atoms. The number of pyridine rings is 1. The van der Waals surface area contributed by atoms with Gasteiger partial charge >= 0.3 is 12.2 Å². The lowest BCUT2D eigenvalue weighted by Gasteiger charge is -2.14. The van der Waals surface area contributed by atoms with E-state index in [1.807, 2.05) is 0 Å². The van der Waals surface area contributed by atoms with E-state index in [1.165, 1.54) is 22.0 Å². The fourth-order valence-electron chi connectivity index (χ4n) is 3.57. The number of rotatable bonds is 6. The van der Waals surface area contributed by atoms with Gasteiger partial charge in [0, 0.05) is 23.7 Å². The minimum absolute atomic E-state index is 0.0992. The largest absolute Gasteiger partial charge is 0.465 e. The first kappa shape index (κ1) is 22.3. The van der Waals surface area contributed by atoms with Crippen molar-refractivity contribution in [3.63, 3.8) is 0 Å². The number of carboxylic acid groups (broad SMARTS) is 1. The Balaban J connectivity index is 1.30. The lowest BCUT2D eigenvalue weighted by molar-refractivity contribution is 0.141. The van der Waals surface area contributed by atoms with Crippen LogP contribution in [0.15, 0.2) is 36.5 Å². The topological polar surface area (TPSA) is 161 Å². The molecule has 0 radical (unpaired) electrons. The highest BCUT2D eigenvalue weighted by atomic mass is 32.1. The predicted molar refractivity (Wildman–Crippen MR) is 120 cm³/mol. The molecule has 2 N–H and O–H groups in total. The highest BCUT2D eigenvalue weighted by molar-refractivity contribution is 6.99. The minimum Gasteiger partial charge on any atom is -0.465 e. The van der Waals surface area contributed by atoms with Crippen molar-refractivity contribution in [1.82, 2.24) is 33.9 Å². The number of carbonyl (C=O) groups excluding carboxylic acids is 1. The number of hydrogen-bond acceptors (Lipinski definition) is 10. The zero-order chi connectivity index (χ0) is 24.5. The molecule has 1 saturated heterocycles. The SMILES string of the molecule is Cn1nnc(-c2ccc(-c3ccc(N4C[C@@H](Cc5nsnc5NC(=O)O)OC4=O)cc3F)cn2)n1. The molecule has 5 rings (SSSR count). The first-order chi connectivity index (χ1) is 16.9. The van der Waals surface area contributed by atoms with E-state index in [0.717, 1.165) is 11.7 Å². The van der Waals surface area contributed by atoms with Crippen LogP contribution in [0, 0.1) is 5.82 Å². The molecular formula is C20H16FN9O4S. The third-order valence-corrected chi connectivity index (χ3v) is 5.72. The Bertz CT molecular complexity index is 1410. The number of aryl methyl sites for hydroxylation is 1. The Kier molecular flexibility index (Phi) is 5.74. The lowest BCUT2D eigenvalue weighted by atomic mass is 10.1. The standard InChI is InChI=1S/C20H16FN9O4S/c1-29-25-18(24-28-29)15-5-2-10(8-22-15)13-4-3-11(6-14(13)21)30-9-12(34-20(30)33)7-16-17(23-19(31)32)27-35-26-16/h2-6,8,12H,7,9H2,1H3,(H,23,27)(H,31,32)/t12-/m1/s1. The predicted octanol–water partition coefficient (Wildman–Crippen LogP) is 2.59. The van der Waals surface area contributed by atoms with Crippen LogP contribution < -0.4 is 10.2 Å². The van der Waals surface area contributed by atoms with Gasteiger partial charge in [0.05, 0.1) is 31.0 Å². The highest BCUT2D eigenvalue weighted by Gasteiger charge is 2.34. The van der Waals surface area contributed by atoms with Crippen molar-refractivity contribution in [2.75, 3.05) is 16.8 Å². The van der Waals surface area contributed by atoms with Crippen LogP contribution in [0.3, 0.4) is 0 Å². The molecule has 0 saturated carbocycles. The Morgan fingerprint density at radius 3 is 2.86 bits per heavy atom. The van der Waals surface area contributed by atoms with E-state index in [2.05, 4.69) is 34.5 Å². The average molecular weight is 497 g/mol. The molecule has 1 fully saturated rings. The number of amides is 2. The van der Waals surface area contributed by atoms with E-state index in [-0.39, 0.29) is 18.8 Å². The van der Waals surface area contributed by atoms with Crippen molar-refractivity contribution in [2.45, 2.75) is 12.5 Å². The van der Waals surface area contributed by atoms with Gasteiger partial charge in [-0.2, -0.15) is 13.5 Å². The second kappa shape index (κ2) is 9.02. The van der Waals surface area contributed by atoms with Gasteiger partial charge in [-0.1, -0.05) is 6.07 Å². The van der Waals surface area contributed by atoms with Crippen LogP contribution in [0.1, 0.15) is 5.69 Å². The summed E-state index contributed by atoms with van der Waals surface area (Å²) in [4.78, 5) is 30.2. The molecule has 1 aliphatic rings. The molecule has 178 valence electrons. The molecule has 1 aliphatic heterocycles. The number of anilines is 2. The number of hydrogen-bond donors (Lipinski definition) is 2. The maximum atomic E-state index is 15.0. The number of nitrogens with one attached hydrogen (secondary N) is 1. The molecule has 0 unspecified atom stereocenters. The maximum absolute atomic E-state index is 15.0. The van der Waals surface area contributed by atoms with E-state index >= 15 is 0 Å². The van der Waals surface area contributed by atoms with Gasteiger partial charge in [0.15, 0.2) is 5.82 Å². The molecule has 4 heterocycles. The van der Waals surface area contributed by atoms with Crippen LogP contribution in [0.5, 0.6) is 0 Å². The third-order valence-electron chi connectivity index (χ3n) is 5.15. The number of nitrogens with zero attached hydrogens (tertiary/aromatic N) is 8. The van der Waals surface area contributed by atoms with Gasteiger partial charge in [0.1, 0.15) is 23.3 Å². The van der Waals surface area contributed by atoms with Gasteiger partial charge in [-0.25, -0.2) is 14.0 Å². The van der Waals surface area contributed by atoms with Crippen LogP contribution >= 0.6 is 11.7 Å². The summed E-state index contributed by atoms with van der Waals surface area (Å²) >= 11 is 0.846. The molecule has 3 aromatic heterocycles. The summed E-state index contributed by atoms with van der Waals surface area (Å²) in [6.45, 7) is 0.142. The van der Waals surface area contributed by atoms with Crippen LogP contribution in [0.2, 0.25) is 0 Å². The van der Waals surface area contributed by atoms with Crippen molar-refractivity contribution in [3.05, 3.63) is 48.0 Å². The number of cyclic esters (lactones) is 1. The van der Waals surface area contributed by atoms with Gasteiger partial charge in [-0.3, -0.25) is 15.2 Å². The van der Waals surface area contributed by atoms with Gasteiger partial charge in [0.25, 0.3) is 0 Å². The smallest absolute Gasteiger partial charge is 0.414 e. The lowest BCUT2D eigenvalue weighted by Crippen LogP contribution is -2.25. The summed E-state index contributed by atoms with van der Waals surface area (Å²) in [7, 11) is 1.64. The second-order valence-corrected chi connectivity index (χ2v) is 8.04. The molecule has 0 aliphatic carbocycles. The zero-order valence-electron chi connectivity index (χ0n) is 18.0. The number of benzene rings is 1. The monoisotopic (exact) mass is 497 g/mol. The van der Waals surface area contributed by atoms with E-state index in [9.17, 15) is 14.0 Å². The third kappa shape index (κ3) is 4.61. The Morgan fingerprint density at radius 2 is 2.17 bits per heavy atom. The van der Waals surface area contributed by atoms with Crippen LogP contribution in [0.25, 0.3) is 22.6 Å². The van der Waals surface area contributed by atoms with E-state index in [0.29, 0.717) is 34.0 Å². The van der Waals surface area contributed by atoms with Gasteiger partial charge in [-0.15, -0.1) is 10.2 Å². The first-order valence-electron chi connectivity index (χ1n) is 10.2. The van der Waals surface area contributed by atoms with Gasteiger partial charge in [0.2, 0.25) is 5.82 Å². The summed E-state index contributed by atoms with van der Waals surface area (Å²) in [5.41, 5.74) is 2.04. The second-order valence-electron chi connectivity index (χ2n) is 7.51. The van der Waals surface area contributed by atoms with Crippen molar-refractivity contribution in [1.29, 1.82) is 0 Å². The summed E-state index contributed by atoms with van der Waals surface area (Å²) in [5, 5.41) is 22.8. The molecule has 35 heavy (non-hydrogen) atoms. The summed E-state index contributed by atoms with van der Waals surface area (Å²) < 4.78 is 28.3. The number of aromatic nitrogens is 7. The molecule has 1 aromatic carbocycles. The molecule has 4 aromatic rings. The normalized spacial score (nSPS) is 15.3. The van der Waals surface area contributed by atoms with Crippen molar-refractivity contribution < 1.29 is 23.8 Å². The highest BCUT2D eigenvalue weighted by Crippen LogP contribution is 2.30. The van der Waals surface area contributed by atoms with Crippen molar-refractivity contribution >= 4 is 35.4 Å². The maximum Gasteiger partial charge on any atom is 0.414 e. The van der Waals surface area contributed by atoms with E-state index in [4.69, 9.17) is 9.84 Å².